The molecule has 0 radical (unpaired) electrons. The van der Waals surface area contributed by atoms with Gasteiger partial charge in [0.15, 0.2) is 0 Å². The minimum atomic E-state index is -0.808. The van der Waals surface area contributed by atoms with Crippen molar-refractivity contribution in [1.82, 2.24) is 5.32 Å². The number of hydrogen-bond acceptors (Lipinski definition) is 2. The number of carboxylic acids is 1. The molecule has 1 fully saturated rings. The predicted octanol–water partition coefficient (Wildman–Crippen LogP) is 2.84. The number of hydrogen-bond donors (Lipinski definition) is 3. The van der Waals surface area contributed by atoms with Crippen molar-refractivity contribution >= 4 is 17.7 Å². The van der Waals surface area contributed by atoms with Gasteiger partial charge in [-0.15, -0.1) is 0 Å². The summed E-state index contributed by atoms with van der Waals surface area (Å²) in [6, 6.07) is 8.73. The van der Waals surface area contributed by atoms with Gasteiger partial charge in [-0.2, -0.15) is 0 Å². The summed E-state index contributed by atoms with van der Waals surface area (Å²) in [5.41, 5.74) is -0.107. The second-order valence-corrected chi connectivity index (χ2v) is 5.32. The summed E-state index contributed by atoms with van der Waals surface area (Å²) in [4.78, 5) is 23.3. The van der Waals surface area contributed by atoms with Crippen LogP contribution in [-0.2, 0) is 4.79 Å². The second kappa shape index (κ2) is 6.41. The highest BCUT2D eigenvalue weighted by atomic mass is 16.4. The molecule has 0 aliphatic heterocycles. The highest BCUT2D eigenvalue weighted by Gasteiger charge is 2.39. The van der Waals surface area contributed by atoms with Crippen LogP contribution in [0.1, 0.15) is 32.1 Å². The van der Waals surface area contributed by atoms with Crippen LogP contribution in [0.15, 0.2) is 30.3 Å². The normalized spacial score (nSPS) is 17.2. The fraction of sp³-hybridized carbons (Fsp3) is 0.467. The average Bonchev–Trinajstić information content (AvgIpc) is 2.47. The number of amides is 2. The average molecular weight is 276 g/mol. The number of benzene rings is 1. The van der Waals surface area contributed by atoms with Crippen LogP contribution in [0.2, 0.25) is 0 Å². The standard InChI is InChI=1S/C15H20N2O3/c18-13(19)15(9-5-2-6-10-15)11-16-14(20)17-12-7-3-1-4-8-12/h1,3-4,7-8H,2,5-6,9-11H2,(H,18,19)(H2,16,17,20). The fourth-order valence-electron chi connectivity index (χ4n) is 2.64. The van der Waals surface area contributed by atoms with E-state index in [1.54, 1.807) is 12.1 Å². The Bertz CT molecular complexity index is 467. The molecule has 3 N–H and O–H groups in total. The zero-order valence-corrected chi connectivity index (χ0v) is 11.4. The lowest BCUT2D eigenvalue weighted by atomic mass is 9.74. The topological polar surface area (TPSA) is 78.4 Å². The van der Waals surface area contributed by atoms with Gasteiger partial charge in [0, 0.05) is 12.2 Å². The minimum absolute atomic E-state index is 0.182. The largest absolute Gasteiger partial charge is 0.481 e. The molecule has 1 saturated carbocycles. The van der Waals surface area contributed by atoms with Crippen LogP contribution in [0.5, 0.6) is 0 Å². The van der Waals surface area contributed by atoms with E-state index in [4.69, 9.17) is 0 Å². The molecule has 0 bridgehead atoms. The summed E-state index contributed by atoms with van der Waals surface area (Å²) < 4.78 is 0. The first-order valence-corrected chi connectivity index (χ1v) is 6.96. The molecule has 0 unspecified atom stereocenters. The monoisotopic (exact) mass is 276 g/mol. The third-order valence-corrected chi connectivity index (χ3v) is 3.88. The zero-order valence-electron chi connectivity index (χ0n) is 11.4. The Morgan fingerprint density at radius 1 is 1.10 bits per heavy atom. The summed E-state index contributed by atoms with van der Waals surface area (Å²) in [7, 11) is 0. The van der Waals surface area contributed by atoms with Gasteiger partial charge in [0.25, 0.3) is 0 Å². The van der Waals surface area contributed by atoms with Gasteiger partial charge in [0.05, 0.1) is 5.41 Å². The number of aliphatic carboxylic acids is 1. The molecule has 0 saturated heterocycles. The Balaban J connectivity index is 1.89. The molecular formula is C15H20N2O3. The third kappa shape index (κ3) is 3.50. The Hall–Kier alpha value is -2.04. The van der Waals surface area contributed by atoms with Gasteiger partial charge in [-0.3, -0.25) is 4.79 Å². The van der Waals surface area contributed by atoms with E-state index in [1.165, 1.54) is 0 Å². The molecule has 5 nitrogen and oxygen atoms in total. The maximum Gasteiger partial charge on any atom is 0.319 e. The number of carboxylic acid groups (broad SMARTS) is 1. The van der Waals surface area contributed by atoms with Crippen LogP contribution in [0.25, 0.3) is 0 Å². The Morgan fingerprint density at radius 3 is 2.35 bits per heavy atom. The van der Waals surface area contributed by atoms with Gasteiger partial charge in [-0.05, 0) is 25.0 Å². The predicted molar refractivity (Wildman–Crippen MR) is 76.6 cm³/mol. The Labute approximate surface area is 118 Å². The Kier molecular flexibility index (Phi) is 4.61. The van der Waals surface area contributed by atoms with Crippen LogP contribution in [0.4, 0.5) is 10.5 Å². The maximum absolute atomic E-state index is 11.8. The number of para-hydroxylation sites is 1. The molecule has 5 heteroatoms. The van der Waals surface area contributed by atoms with Gasteiger partial charge in [-0.25, -0.2) is 4.79 Å². The summed E-state index contributed by atoms with van der Waals surface area (Å²) in [6.07, 6.45) is 4.16. The molecule has 108 valence electrons. The SMILES string of the molecule is O=C(NCC1(C(=O)O)CCCCC1)Nc1ccccc1. The van der Waals surface area contributed by atoms with Gasteiger partial charge < -0.3 is 15.7 Å². The van der Waals surface area contributed by atoms with Crippen LogP contribution in [0.3, 0.4) is 0 Å². The molecule has 0 atom stereocenters. The highest BCUT2D eigenvalue weighted by molar-refractivity contribution is 5.89. The lowest BCUT2D eigenvalue weighted by molar-refractivity contribution is -0.150. The van der Waals surface area contributed by atoms with E-state index in [9.17, 15) is 14.7 Å². The number of rotatable bonds is 4. The van der Waals surface area contributed by atoms with E-state index < -0.39 is 11.4 Å². The molecule has 20 heavy (non-hydrogen) atoms. The molecule has 0 heterocycles. The van der Waals surface area contributed by atoms with Crippen molar-refractivity contribution in [2.24, 2.45) is 5.41 Å². The molecule has 0 spiro atoms. The van der Waals surface area contributed by atoms with Crippen molar-refractivity contribution in [3.05, 3.63) is 30.3 Å². The van der Waals surface area contributed by atoms with Crippen molar-refractivity contribution in [2.75, 3.05) is 11.9 Å². The minimum Gasteiger partial charge on any atom is -0.481 e. The van der Waals surface area contributed by atoms with Crippen LogP contribution < -0.4 is 10.6 Å². The fourth-order valence-corrected chi connectivity index (χ4v) is 2.64. The second-order valence-electron chi connectivity index (χ2n) is 5.32. The van der Waals surface area contributed by atoms with E-state index in [1.807, 2.05) is 18.2 Å². The van der Waals surface area contributed by atoms with Crippen molar-refractivity contribution in [3.63, 3.8) is 0 Å². The van der Waals surface area contributed by atoms with E-state index in [0.717, 1.165) is 19.3 Å². The zero-order chi connectivity index (χ0) is 14.4. The lowest BCUT2D eigenvalue weighted by Gasteiger charge is -2.33. The molecule has 2 amide bonds. The number of nitrogens with one attached hydrogen (secondary N) is 2. The summed E-state index contributed by atoms with van der Waals surface area (Å²) >= 11 is 0. The van der Waals surface area contributed by atoms with Crippen molar-refractivity contribution in [3.8, 4) is 0 Å². The first-order valence-electron chi connectivity index (χ1n) is 6.96. The van der Waals surface area contributed by atoms with E-state index in [0.29, 0.717) is 18.5 Å². The lowest BCUT2D eigenvalue weighted by Crippen LogP contribution is -2.45. The first kappa shape index (κ1) is 14.4. The molecule has 1 aliphatic rings. The van der Waals surface area contributed by atoms with Crippen LogP contribution >= 0.6 is 0 Å². The Morgan fingerprint density at radius 2 is 1.75 bits per heavy atom. The number of urea groups is 1. The van der Waals surface area contributed by atoms with Crippen LogP contribution in [-0.4, -0.2) is 23.7 Å². The van der Waals surface area contributed by atoms with E-state index >= 15 is 0 Å². The molecule has 1 aromatic carbocycles. The van der Waals surface area contributed by atoms with Gasteiger partial charge in [-0.1, -0.05) is 37.5 Å². The van der Waals surface area contributed by atoms with E-state index in [2.05, 4.69) is 10.6 Å². The highest BCUT2D eigenvalue weighted by Crippen LogP contribution is 2.35. The van der Waals surface area contributed by atoms with Gasteiger partial charge in [0.1, 0.15) is 0 Å². The van der Waals surface area contributed by atoms with Gasteiger partial charge in [0.2, 0.25) is 0 Å². The molecule has 0 aromatic heterocycles. The first-order chi connectivity index (χ1) is 9.62. The van der Waals surface area contributed by atoms with Gasteiger partial charge >= 0.3 is 12.0 Å². The van der Waals surface area contributed by atoms with Crippen LogP contribution in [0, 0.1) is 5.41 Å². The third-order valence-electron chi connectivity index (χ3n) is 3.88. The molecule has 1 aliphatic carbocycles. The van der Waals surface area contributed by atoms with Crippen molar-refractivity contribution in [2.45, 2.75) is 32.1 Å². The number of carbonyl (C=O) groups excluding carboxylic acids is 1. The molecular weight excluding hydrogens is 256 g/mol. The molecule has 2 rings (SSSR count). The number of anilines is 1. The van der Waals surface area contributed by atoms with Crippen molar-refractivity contribution < 1.29 is 14.7 Å². The maximum atomic E-state index is 11.8. The summed E-state index contributed by atoms with van der Waals surface area (Å²) in [5, 5.41) is 14.8. The summed E-state index contributed by atoms with van der Waals surface area (Å²) in [6.45, 7) is 0.182. The summed E-state index contributed by atoms with van der Waals surface area (Å²) in [5.74, 6) is -0.808. The smallest absolute Gasteiger partial charge is 0.319 e. The van der Waals surface area contributed by atoms with E-state index in [-0.39, 0.29) is 12.6 Å². The molecule has 1 aromatic rings. The van der Waals surface area contributed by atoms with Crippen molar-refractivity contribution in [1.29, 1.82) is 0 Å². The quantitative estimate of drug-likeness (QED) is 0.791. The number of carbonyl (C=O) groups is 2.